The van der Waals surface area contributed by atoms with Gasteiger partial charge in [0.2, 0.25) is 0 Å². The van der Waals surface area contributed by atoms with Crippen LogP contribution in [0.25, 0.3) is 0 Å². The van der Waals surface area contributed by atoms with E-state index in [9.17, 15) is 23.1 Å². The molecule has 1 N–H and O–H groups in total. The number of carboxylic acids is 1. The standard InChI is InChI=1S/C26H40O8S/c1-7-32-22(27)17-35(30,31)18-24(2,3)12-9-13-26(6,23(28)29)20-11-8-10-19(14-20)15-21-16-33-25(4,5)34-21/h8,10-11,14,21H,7,9,12-13,15-18H2,1-6H3,(H,28,29). The lowest BCUT2D eigenvalue weighted by Gasteiger charge is -2.29. The van der Waals surface area contributed by atoms with Crippen LogP contribution in [0.5, 0.6) is 0 Å². The van der Waals surface area contributed by atoms with Crippen molar-refractivity contribution in [1.82, 2.24) is 0 Å². The van der Waals surface area contributed by atoms with Gasteiger partial charge >= 0.3 is 11.9 Å². The summed E-state index contributed by atoms with van der Waals surface area (Å²) in [5.41, 5.74) is -0.0541. The highest BCUT2D eigenvalue weighted by molar-refractivity contribution is 7.92. The Hall–Kier alpha value is -1.97. The summed E-state index contributed by atoms with van der Waals surface area (Å²) in [6.45, 7) is 11.3. The second-order valence-corrected chi connectivity index (χ2v) is 12.9. The van der Waals surface area contributed by atoms with Crippen molar-refractivity contribution in [2.24, 2.45) is 5.41 Å². The van der Waals surface area contributed by atoms with E-state index in [-0.39, 0.29) is 18.5 Å². The molecule has 9 heteroatoms. The molecule has 0 aromatic heterocycles. The molecule has 0 radical (unpaired) electrons. The minimum Gasteiger partial charge on any atom is -0.481 e. The number of carbonyl (C=O) groups is 2. The Balaban J connectivity index is 2.04. The molecule has 2 unspecified atom stereocenters. The van der Waals surface area contributed by atoms with Crippen LogP contribution in [0, 0.1) is 5.41 Å². The normalized spacial score (nSPS) is 19.8. The molecule has 8 nitrogen and oxygen atoms in total. The number of esters is 1. The van der Waals surface area contributed by atoms with E-state index in [1.54, 1.807) is 13.8 Å². The minimum absolute atomic E-state index is 0.0892. The molecule has 2 rings (SSSR count). The van der Waals surface area contributed by atoms with Crippen LogP contribution in [0.3, 0.4) is 0 Å². The van der Waals surface area contributed by atoms with Crippen molar-refractivity contribution in [3.8, 4) is 0 Å². The van der Waals surface area contributed by atoms with Crippen LogP contribution < -0.4 is 0 Å². The number of ether oxygens (including phenoxy) is 3. The molecule has 0 bridgehead atoms. The average Bonchev–Trinajstić information content (AvgIpc) is 3.04. The van der Waals surface area contributed by atoms with Gasteiger partial charge in [-0.05, 0) is 57.1 Å². The molecule has 1 heterocycles. The monoisotopic (exact) mass is 512 g/mol. The third-order valence-electron chi connectivity index (χ3n) is 6.35. The fraction of sp³-hybridized carbons (Fsp3) is 0.692. The molecule has 0 spiro atoms. The predicted octanol–water partition coefficient (Wildman–Crippen LogP) is 3.90. The maximum absolute atomic E-state index is 12.4. The number of carboxylic acid groups (broad SMARTS) is 1. The number of carbonyl (C=O) groups excluding carboxylic acids is 1. The number of rotatable bonds is 13. The van der Waals surface area contributed by atoms with Crippen molar-refractivity contribution in [1.29, 1.82) is 0 Å². The first-order valence-corrected chi connectivity index (χ1v) is 13.9. The Morgan fingerprint density at radius 3 is 2.46 bits per heavy atom. The van der Waals surface area contributed by atoms with Gasteiger partial charge in [-0.2, -0.15) is 0 Å². The molecule has 1 aliphatic rings. The lowest BCUT2D eigenvalue weighted by atomic mass is 9.76. The van der Waals surface area contributed by atoms with E-state index in [1.807, 2.05) is 52.0 Å². The molecule has 0 amide bonds. The van der Waals surface area contributed by atoms with Gasteiger partial charge in [-0.15, -0.1) is 0 Å². The van der Waals surface area contributed by atoms with Crippen LogP contribution in [0.2, 0.25) is 0 Å². The van der Waals surface area contributed by atoms with E-state index in [4.69, 9.17) is 14.2 Å². The number of hydrogen-bond donors (Lipinski definition) is 1. The summed E-state index contributed by atoms with van der Waals surface area (Å²) >= 11 is 0. The quantitative estimate of drug-likeness (QED) is 0.396. The molecular weight excluding hydrogens is 472 g/mol. The highest BCUT2D eigenvalue weighted by Gasteiger charge is 2.37. The van der Waals surface area contributed by atoms with Gasteiger partial charge < -0.3 is 19.3 Å². The van der Waals surface area contributed by atoms with Crippen molar-refractivity contribution in [3.63, 3.8) is 0 Å². The van der Waals surface area contributed by atoms with Crippen LogP contribution >= 0.6 is 0 Å². The van der Waals surface area contributed by atoms with Crippen molar-refractivity contribution < 1.29 is 37.3 Å². The molecule has 35 heavy (non-hydrogen) atoms. The first-order chi connectivity index (χ1) is 16.1. The van der Waals surface area contributed by atoms with Crippen LogP contribution in [0.4, 0.5) is 0 Å². The van der Waals surface area contributed by atoms with Gasteiger partial charge in [0, 0.05) is 6.42 Å². The summed E-state index contributed by atoms with van der Waals surface area (Å²) in [6.07, 6.45) is 1.90. The summed E-state index contributed by atoms with van der Waals surface area (Å²) < 4.78 is 41.1. The fourth-order valence-electron chi connectivity index (χ4n) is 4.56. The lowest BCUT2D eigenvalue weighted by Crippen LogP contribution is -2.34. The average molecular weight is 513 g/mol. The largest absolute Gasteiger partial charge is 0.481 e. The molecule has 198 valence electrons. The van der Waals surface area contributed by atoms with Gasteiger partial charge in [-0.3, -0.25) is 9.59 Å². The van der Waals surface area contributed by atoms with Gasteiger partial charge in [0.1, 0.15) is 5.75 Å². The Bertz CT molecular complexity index is 998. The van der Waals surface area contributed by atoms with E-state index in [2.05, 4.69) is 0 Å². The zero-order valence-electron chi connectivity index (χ0n) is 21.8. The third kappa shape index (κ3) is 8.88. The van der Waals surface area contributed by atoms with Gasteiger partial charge in [-0.25, -0.2) is 8.42 Å². The first kappa shape index (κ1) is 29.3. The van der Waals surface area contributed by atoms with Crippen molar-refractivity contribution in [2.45, 2.75) is 84.5 Å². The predicted molar refractivity (Wildman–Crippen MR) is 133 cm³/mol. The Morgan fingerprint density at radius 1 is 1.20 bits per heavy atom. The maximum atomic E-state index is 12.4. The number of sulfone groups is 1. The summed E-state index contributed by atoms with van der Waals surface area (Å²) in [5, 5.41) is 10.1. The molecule has 1 aromatic rings. The van der Waals surface area contributed by atoms with Crippen LogP contribution in [-0.4, -0.2) is 62.1 Å². The Kier molecular flexibility index (Phi) is 9.52. The molecule has 1 fully saturated rings. The zero-order valence-corrected chi connectivity index (χ0v) is 22.6. The Morgan fingerprint density at radius 2 is 1.89 bits per heavy atom. The molecular formula is C26H40O8S. The fourth-order valence-corrected chi connectivity index (χ4v) is 6.44. The summed E-state index contributed by atoms with van der Waals surface area (Å²) in [5.74, 6) is -3.10. The van der Waals surface area contributed by atoms with Gasteiger partial charge in [0.05, 0.1) is 30.5 Å². The number of aliphatic carboxylic acids is 1. The van der Waals surface area contributed by atoms with Crippen molar-refractivity contribution in [3.05, 3.63) is 35.4 Å². The highest BCUT2D eigenvalue weighted by Crippen LogP contribution is 2.35. The van der Waals surface area contributed by atoms with Crippen molar-refractivity contribution >= 4 is 21.8 Å². The Labute approximate surface area is 209 Å². The number of benzene rings is 1. The molecule has 1 aliphatic heterocycles. The second kappa shape index (κ2) is 11.4. The molecule has 1 aromatic carbocycles. The van der Waals surface area contributed by atoms with Gasteiger partial charge in [0.15, 0.2) is 15.6 Å². The van der Waals surface area contributed by atoms with E-state index in [0.29, 0.717) is 37.9 Å². The van der Waals surface area contributed by atoms with E-state index in [1.165, 1.54) is 0 Å². The van der Waals surface area contributed by atoms with Crippen LogP contribution in [-0.2, 0) is 45.5 Å². The summed E-state index contributed by atoms with van der Waals surface area (Å²) in [6, 6.07) is 7.55. The maximum Gasteiger partial charge on any atom is 0.321 e. The van der Waals surface area contributed by atoms with Gasteiger partial charge in [-0.1, -0.05) is 44.5 Å². The van der Waals surface area contributed by atoms with E-state index in [0.717, 1.165) is 5.56 Å². The number of hydrogen-bond acceptors (Lipinski definition) is 7. The first-order valence-electron chi connectivity index (χ1n) is 12.1. The molecule has 2 atom stereocenters. The van der Waals surface area contributed by atoms with Crippen LogP contribution in [0.1, 0.15) is 71.9 Å². The van der Waals surface area contributed by atoms with Gasteiger partial charge in [0.25, 0.3) is 0 Å². The highest BCUT2D eigenvalue weighted by atomic mass is 32.2. The topological polar surface area (TPSA) is 116 Å². The summed E-state index contributed by atoms with van der Waals surface area (Å²) in [7, 11) is -3.63. The van der Waals surface area contributed by atoms with Crippen LogP contribution in [0.15, 0.2) is 24.3 Å². The second-order valence-electron chi connectivity index (χ2n) is 10.8. The molecule has 0 saturated carbocycles. The van der Waals surface area contributed by atoms with Crippen molar-refractivity contribution in [2.75, 3.05) is 24.7 Å². The zero-order chi connectivity index (χ0) is 26.5. The van der Waals surface area contributed by atoms with E-state index < -0.39 is 44.1 Å². The lowest BCUT2D eigenvalue weighted by molar-refractivity contribution is -0.143. The molecule has 0 aliphatic carbocycles. The van der Waals surface area contributed by atoms with E-state index >= 15 is 0 Å². The third-order valence-corrected chi connectivity index (χ3v) is 8.25. The smallest absolute Gasteiger partial charge is 0.321 e. The summed E-state index contributed by atoms with van der Waals surface area (Å²) in [4.78, 5) is 23.9. The SMILES string of the molecule is CCOC(=O)CS(=O)(=O)CC(C)(C)CCCC(C)(C(=O)O)c1cccc(CC2COC(C)(C)O2)c1. The molecule has 1 saturated heterocycles. The minimum atomic E-state index is -3.63.